The van der Waals surface area contributed by atoms with Gasteiger partial charge < -0.3 is 20.9 Å². The molecule has 0 radical (unpaired) electrons. The van der Waals surface area contributed by atoms with Crippen molar-refractivity contribution in [3.63, 3.8) is 0 Å². The Morgan fingerprint density at radius 1 is 1.17 bits per heavy atom. The predicted octanol–water partition coefficient (Wildman–Crippen LogP) is 2.22. The quantitative estimate of drug-likeness (QED) is 0.710. The summed E-state index contributed by atoms with van der Waals surface area (Å²) in [4.78, 5) is 23.4. The van der Waals surface area contributed by atoms with E-state index in [0.717, 1.165) is 0 Å². The van der Waals surface area contributed by atoms with Gasteiger partial charge in [-0.15, -0.1) is 0 Å². The Morgan fingerprint density at radius 3 is 2.39 bits per heavy atom. The Kier molecular flexibility index (Phi) is 5.19. The molecule has 6 nitrogen and oxygen atoms in total. The van der Waals surface area contributed by atoms with Gasteiger partial charge in [-0.25, -0.2) is 0 Å². The number of ether oxygens (including phenoxy) is 1. The van der Waals surface area contributed by atoms with Crippen LogP contribution in [-0.2, 0) is 4.79 Å². The van der Waals surface area contributed by atoms with Crippen LogP contribution in [0.1, 0.15) is 28.4 Å². The maximum absolute atomic E-state index is 12.3. The molecule has 120 valence electrons. The van der Waals surface area contributed by atoms with Crippen LogP contribution < -0.4 is 15.8 Å². The lowest BCUT2D eigenvalue weighted by molar-refractivity contribution is -0.137. The zero-order chi connectivity index (χ0) is 16.8. The fourth-order valence-electron chi connectivity index (χ4n) is 2.20. The van der Waals surface area contributed by atoms with Gasteiger partial charge in [-0.3, -0.25) is 9.59 Å². The van der Waals surface area contributed by atoms with Crippen LogP contribution in [0.2, 0.25) is 0 Å². The lowest BCUT2D eigenvalue weighted by Crippen LogP contribution is -2.30. The first-order chi connectivity index (χ1) is 11.0. The lowest BCUT2D eigenvalue weighted by Gasteiger charge is -2.18. The molecule has 2 aromatic rings. The molecule has 2 rings (SSSR count). The number of nitrogens with two attached hydrogens (primary N) is 1. The van der Waals surface area contributed by atoms with E-state index in [1.165, 1.54) is 0 Å². The monoisotopic (exact) mass is 314 g/mol. The summed E-state index contributed by atoms with van der Waals surface area (Å²) in [6.45, 7) is 0. The number of hydrogen-bond donors (Lipinski definition) is 3. The van der Waals surface area contributed by atoms with E-state index >= 15 is 0 Å². The first kappa shape index (κ1) is 16.4. The fourth-order valence-corrected chi connectivity index (χ4v) is 2.20. The zero-order valence-corrected chi connectivity index (χ0v) is 12.7. The molecule has 0 heterocycles. The Bertz CT molecular complexity index is 698. The van der Waals surface area contributed by atoms with Crippen molar-refractivity contribution < 1.29 is 19.4 Å². The molecule has 0 bridgehead atoms. The van der Waals surface area contributed by atoms with E-state index in [2.05, 4.69) is 5.32 Å². The number of aliphatic carboxylic acids is 1. The Labute approximate surface area is 133 Å². The molecule has 0 aliphatic heterocycles. The highest BCUT2D eigenvalue weighted by molar-refractivity contribution is 5.99. The second kappa shape index (κ2) is 7.31. The summed E-state index contributed by atoms with van der Waals surface area (Å²) in [7, 11) is 1.55. The summed E-state index contributed by atoms with van der Waals surface area (Å²) in [5, 5.41) is 11.8. The number of nitrogen functional groups attached to an aromatic ring is 1. The van der Waals surface area contributed by atoms with Crippen molar-refractivity contribution in [1.82, 2.24) is 5.32 Å². The number of carboxylic acid groups (broad SMARTS) is 1. The number of rotatable bonds is 6. The second-order valence-electron chi connectivity index (χ2n) is 4.98. The number of carbonyl (C=O) groups excluding carboxylic acids is 1. The minimum absolute atomic E-state index is 0.231. The summed E-state index contributed by atoms with van der Waals surface area (Å²) in [5.41, 5.74) is 7.12. The van der Waals surface area contributed by atoms with Crippen molar-refractivity contribution in [1.29, 1.82) is 0 Å². The van der Waals surface area contributed by atoms with E-state index in [1.54, 1.807) is 55.6 Å². The van der Waals surface area contributed by atoms with Gasteiger partial charge in [0.1, 0.15) is 5.75 Å². The molecule has 0 aromatic heterocycles. The van der Waals surface area contributed by atoms with Gasteiger partial charge in [-0.1, -0.05) is 24.3 Å². The molecule has 6 heteroatoms. The Morgan fingerprint density at radius 2 is 1.83 bits per heavy atom. The standard InChI is InChI=1S/C17H18N2O4/c1-23-12-8-6-11(7-9-12)15(10-16(20)21)19-17(22)13-4-2-3-5-14(13)18/h2-9,15H,10,18H2,1H3,(H,19,22)(H,20,21). The highest BCUT2D eigenvalue weighted by Gasteiger charge is 2.20. The van der Waals surface area contributed by atoms with Gasteiger partial charge in [-0.05, 0) is 29.8 Å². The van der Waals surface area contributed by atoms with Crippen molar-refractivity contribution in [3.05, 3.63) is 59.7 Å². The lowest BCUT2D eigenvalue weighted by atomic mass is 10.0. The molecule has 0 aliphatic rings. The number of para-hydroxylation sites is 1. The number of benzene rings is 2. The first-order valence-electron chi connectivity index (χ1n) is 7.02. The topological polar surface area (TPSA) is 102 Å². The summed E-state index contributed by atoms with van der Waals surface area (Å²) < 4.78 is 5.08. The third-order valence-electron chi connectivity index (χ3n) is 3.41. The van der Waals surface area contributed by atoms with Crippen LogP contribution in [0, 0.1) is 0 Å². The summed E-state index contributed by atoms with van der Waals surface area (Å²) in [5.74, 6) is -0.765. The van der Waals surface area contributed by atoms with Gasteiger partial charge >= 0.3 is 5.97 Å². The van der Waals surface area contributed by atoms with Gasteiger partial charge in [0.2, 0.25) is 0 Å². The molecule has 0 saturated carbocycles. The van der Waals surface area contributed by atoms with E-state index in [1.807, 2.05) is 0 Å². The maximum atomic E-state index is 12.3. The van der Waals surface area contributed by atoms with Gasteiger partial charge in [-0.2, -0.15) is 0 Å². The van der Waals surface area contributed by atoms with Crippen LogP contribution in [0.15, 0.2) is 48.5 Å². The van der Waals surface area contributed by atoms with Crippen LogP contribution in [-0.4, -0.2) is 24.1 Å². The SMILES string of the molecule is COc1ccc(C(CC(=O)O)NC(=O)c2ccccc2N)cc1. The van der Waals surface area contributed by atoms with E-state index in [9.17, 15) is 9.59 Å². The summed E-state index contributed by atoms with van der Waals surface area (Å²) in [6, 6.07) is 12.9. The van der Waals surface area contributed by atoms with Gasteiger partial charge in [0.15, 0.2) is 0 Å². The van der Waals surface area contributed by atoms with Crippen LogP contribution in [0.4, 0.5) is 5.69 Å². The summed E-state index contributed by atoms with van der Waals surface area (Å²) >= 11 is 0. The number of hydrogen-bond acceptors (Lipinski definition) is 4. The molecule has 2 aromatic carbocycles. The summed E-state index contributed by atoms with van der Waals surface area (Å²) in [6.07, 6.45) is -0.231. The van der Waals surface area contributed by atoms with Crippen molar-refractivity contribution in [2.45, 2.75) is 12.5 Å². The van der Waals surface area contributed by atoms with Crippen molar-refractivity contribution in [2.75, 3.05) is 12.8 Å². The largest absolute Gasteiger partial charge is 0.497 e. The number of anilines is 1. The molecular formula is C17H18N2O4. The van der Waals surface area contributed by atoms with Crippen molar-refractivity contribution in [2.24, 2.45) is 0 Å². The van der Waals surface area contributed by atoms with E-state index in [-0.39, 0.29) is 6.42 Å². The molecule has 23 heavy (non-hydrogen) atoms. The van der Waals surface area contributed by atoms with Crippen LogP contribution in [0.5, 0.6) is 5.75 Å². The van der Waals surface area contributed by atoms with Gasteiger partial charge in [0.25, 0.3) is 5.91 Å². The molecule has 0 aliphatic carbocycles. The van der Waals surface area contributed by atoms with Crippen LogP contribution >= 0.6 is 0 Å². The first-order valence-corrected chi connectivity index (χ1v) is 7.02. The minimum Gasteiger partial charge on any atom is -0.497 e. The van der Waals surface area contributed by atoms with Crippen LogP contribution in [0.3, 0.4) is 0 Å². The molecule has 1 atom stereocenters. The van der Waals surface area contributed by atoms with Crippen LogP contribution in [0.25, 0.3) is 0 Å². The number of carbonyl (C=O) groups is 2. The molecule has 0 fully saturated rings. The van der Waals surface area contributed by atoms with Crippen molar-refractivity contribution >= 4 is 17.6 Å². The molecule has 4 N–H and O–H groups in total. The highest BCUT2D eigenvalue weighted by Crippen LogP contribution is 2.21. The zero-order valence-electron chi connectivity index (χ0n) is 12.7. The Hall–Kier alpha value is -3.02. The van der Waals surface area contributed by atoms with E-state index in [4.69, 9.17) is 15.6 Å². The average molecular weight is 314 g/mol. The number of amides is 1. The smallest absolute Gasteiger partial charge is 0.305 e. The fraction of sp³-hybridized carbons (Fsp3) is 0.176. The molecule has 0 saturated heterocycles. The molecule has 1 amide bonds. The Balaban J connectivity index is 2.23. The van der Waals surface area contributed by atoms with E-state index < -0.39 is 17.9 Å². The predicted molar refractivity (Wildman–Crippen MR) is 86.3 cm³/mol. The number of carboxylic acids is 1. The molecule has 0 spiro atoms. The minimum atomic E-state index is -1.01. The number of methoxy groups -OCH3 is 1. The van der Waals surface area contributed by atoms with Gasteiger partial charge in [0.05, 0.1) is 25.1 Å². The molecular weight excluding hydrogens is 296 g/mol. The number of nitrogens with one attached hydrogen (secondary N) is 1. The third kappa shape index (κ3) is 4.23. The maximum Gasteiger partial charge on any atom is 0.305 e. The third-order valence-corrected chi connectivity index (χ3v) is 3.41. The van der Waals surface area contributed by atoms with Gasteiger partial charge in [0, 0.05) is 5.69 Å². The highest BCUT2D eigenvalue weighted by atomic mass is 16.5. The average Bonchev–Trinajstić information content (AvgIpc) is 2.54. The van der Waals surface area contributed by atoms with Crippen molar-refractivity contribution in [3.8, 4) is 5.75 Å². The second-order valence-corrected chi connectivity index (χ2v) is 4.98. The van der Waals surface area contributed by atoms with E-state index in [0.29, 0.717) is 22.6 Å². The molecule has 1 unspecified atom stereocenters. The normalized spacial score (nSPS) is 11.5.